The maximum absolute atomic E-state index is 11.9. The van der Waals surface area contributed by atoms with Gasteiger partial charge in [-0.2, -0.15) is 0 Å². The molecule has 0 unspecified atom stereocenters. The van der Waals surface area contributed by atoms with Gasteiger partial charge in [-0.25, -0.2) is 0 Å². The van der Waals surface area contributed by atoms with Gasteiger partial charge in [0, 0.05) is 0 Å². The third-order valence-corrected chi connectivity index (χ3v) is 5.58. The normalized spacial score (nSPS) is 15.5. The summed E-state index contributed by atoms with van der Waals surface area (Å²) >= 11 is 6.29. The molecule has 29 heavy (non-hydrogen) atoms. The zero-order valence-electron chi connectivity index (χ0n) is 17.1. The number of thioether (sulfide) groups is 1. The van der Waals surface area contributed by atoms with E-state index in [1.165, 1.54) is 17.3 Å². The second kappa shape index (κ2) is 9.01. The molecule has 1 fully saturated rings. The fraction of sp³-hybridized carbons (Fsp3) is 0.304. The van der Waals surface area contributed by atoms with Crippen molar-refractivity contribution in [1.29, 1.82) is 0 Å². The molecule has 0 spiro atoms. The molecule has 1 heterocycles. The first kappa shape index (κ1) is 21.4. The minimum Gasteiger partial charge on any atom is -0.490 e. The van der Waals surface area contributed by atoms with Crippen LogP contribution in [0.1, 0.15) is 44.4 Å². The topological polar surface area (TPSA) is 47.6 Å². The SMILES string of the molecule is CCOc1cc(C=C2SC(=S)NC2=O)ccc1OCc1ccc(C(C)(C)C)cc1. The molecule has 1 amide bonds. The van der Waals surface area contributed by atoms with E-state index in [2.05, 4.69) is 50.4 Å². The number of carbonyl (C=O) groups excluding carboxylic acids is 1. The van der Waals surface area contributed by atoms with Crippen LogP contribution in [0.4, 0.5) is 0 Å². The van der Waals surface area contributed by atoms with Crippen LogP contribution in [0.15, 0.2) is 47.4 Å². The van der Waals surface area contributed by atoms with Crippen LogP contribution in [0.5, 0.6) is 11.5 Å². The number of ether oxygens (including phenoxy) is 2. The first-order valence-electron chi connectivity index (χ1n) is 9.50. The minimum atomic E-state index is -0.169. The smallest absolute Gasteiger partial charge is 0.263 e. The van der Waals surface area contributed by atoms with Crippen LogP contribution in [0.2, 0.25) is 0 Å². The van der Waals surface area contributed by atoms with E-state index in [4.69, 9.17) is 21.7 Å². The van der Waals surface area contributed by atoms with Crippen molar-refractivity contribution in [2.24, 2.45) is 0 Å². The number of hydrogen-bond acceptors (Lipinski definition) is 5. The molecule has 0 saturated carbocycles. The van der Waals surface area contributed by atoms with Gasteiger partial charge in [-0.15, -0.1) is 0 Å². The Hall–Kier alpha value is -2.31. The largest absolute Gasteiger partial charge is 0.490 e. The monoisotopic (exact) mass is 427 g/mol. The zero-order chi connectivity index (χ0) is 21.0. The summed E-state index contributed by atoms with van der Waals surface area (Å²) in [7, 11) is 0. The van der Waals surface area contributed by atoms with Crippen LogP contribution in [0, 0.1) is 0 Å². The van der Waals surface area contributed by atoms with Crippen molar-refractivity contribution in [2.45, 2.75) is 39.7 Å². The van der Waals surface area contributed by atoms with Gasteiger partial charge >= 0.3 is 0 Å². The molecule has 2 aromatic rings. The second-order valence-corrected chi connectivity index (χ2v) is 9.45. The molecule has 1 aliphatic heterocycles. The van der Waals surface area contributed by atoms with Crippen molar-refractivity contribution in [3.8, 4) is 11.5 Å². The number of carbonyl (C=O) groups is 1. The number of benzene rings is 2. The summed E-state index contributed by atoms with van der Waals surface area (Å²) in [5.74, 6) is 1.16. The molecule has 1 N–H and O–H groups in total. The van der Waals surface area contributed by atoms with E-state index in [0.29, 0.717) is 33.9 Å². The zero-order valence-corrected chi connectivity index (χ0v) is 18.7. The molecule has 152 valence electrons. The third kappa shape index (κ3) is 5.61. The summed E-state index contributed by atoms with van der Waals surface area (Å²) in [6.07, 6.45) is 1.80. The fourth-order valence-electron chi connectivity index (χ4n) is 2.84. The number of amides is 1. The molecule has 6 heteroatoms. The van der Waals surface area contributed by atoms with Gasteiger partial charge in [0.05, 0.1) is 11.5 Å². The van der Waals surface area contributed by atoms with Gasteiger partial charge in [-0.05, 0) is 47.2 Å². The van der Waals surface area contributed by atoms with Crippen molar-refractivity contribution in [2.75, 3.05) is 6.61 Å². The van der Waals surface area contributed by atoms with Crippen LogP contribution in [-0.2, 0) is 16.8 Å². The van der Waals surface area contributed by atoms with E-state index in [1.54, 1.807) is 6.08 Å². The summed E-state index contributed by atoms with van der Waals surface area (Å²) in [5.41, 5.74) is 3.38. The minimum absolute atomic E-state index is 0.129. The number of thiocarbonyl (C=S) groups is 1. The highest BCUT2D eigenvalue weighted by atomic mass is 32.2. The van der Waals surface area contributed by atoms with Crippen LogP contribution in [0.3, 0.4) is 0 Å². The maximum Gasteiger partial charge on any atom is 0.263 e. The summed E-state index contributed by atoms with van der Waals surface area (Å²) in [5, 5.41) is 2.62. The number of nitrogens with one attached hydrogen (secondary N) is 1. The lowest BCUT2D eigenvalue weighted by atomic mass is 9.87. The molecule has 0 atom stereocenters. The Labute approximate surface area is 181 Å². The van der Waals surface area contributed by atoms with Gasteiger partial charge in [-0.1, -0.05) is 75.1 Å². The first-order valence-corrected chi connectivity index (χ1v) is 10.7. The quantitative estimate of drug-likeness (QED) is 0.491. The third-order valence-electron chi connectivity index (χ3n) is 4.42. The lowest BCUT2D eigenvalue weighted by molar-refractivity contribution is -0.115. The van der Waals surface area contributed by atoms with Crippen LogP contribution >= 0.6 is 24.0 Å². The maximum atomic E-state index is 11.9. The predicted octanol–water partition coefficient (Wildman–Crippen LogP) is 5.45. The molecule has 1 aliphatic rings. The van der Waals surface area contributed by atoms with Crippen molar-refractivity contribution in [3.63, 3.8) is 0 Å². The highest BCUT2D eigenvalue weighted by Crippen LogP contribution is 2.32. The van der Waals surface area contributed by atoms with E-state index >= 15 is 0 Å². The Morgan fingerprint density at radius 2 is 1.79 bits per heavy atom. The molecule has 2 aromatic carbocycles. The van der Waals surface area contributed by atoms with Gasteiger partial charge in [0.1, 0.15) is 10.9 Å². The Kier molecular flexibility index (Phi) is 6.65. The molecular weight excluding hydrogens is 402 g/mol. The Balaban J connectivity index is 1.74. The molecular formula is C23H25NO3S2. The molecule has 0 aromatic heterocycles. The predicted molar refractivity (Wildman–Crippen MR) is 123 cm³/mol. The van der Waals surface area contributed by atoms with Crippen LogP contribution < -0.4 is 14.8 Å². The van der Waals surface area contributed by atoms with Crippen molar-refractivity contribution < 1.29 is 14.3 Å². The second-order valence-electron chi connectivity index (χ2n) is 7.73. The van der Waals surface area contributed by atoms with Gasteiger partial charge < -0.3 is 14.8 Å². The van der Waals surface area contributed by atoms with Gasteiger partial charge in [-0.3, -0.25) is 4.79 Å². The molecule has 0 radical (unpaired) electrons. The van der Waals surface area contributed by atoms with Gasteiger partial charge in [0.2, 0.25) is 0 Å². The molecule has 4 nitrogen and oxygen atoms in total. The molecule has 1 saturated heterocycles. The van der Waals surface area contributed by atoms with Crippen LogP contribution in [-0.4, -0.2) is 16.8 Å². The summed E-state index contributed by atoms with van der Waals surface area (Å²) in [6.45, 7) is 9.51. The summed E-state index contributed by atoms with van der Waals surface area (Å²) in [4.78, 5) is 12.4. The van der Waals surface area contributed by atoms with E-state index in [9.17, 15) is 4.79 Å². The number of rotatable bonds is 6. The van der Waals surface area contributed by atoms with E-state index in [1.807, 2.05) is 25.1 Å². The molecule has 0 aliphatic carbocycles. The highest BCUT2D eigenvalue weighted by Gasteiger charge is 2.22. The molecule has 3 rings (SSSR count). The Morgan fingerprint density at radius 1 is 1.07 bits per heavy atom. The van der Waals surface area contributed by atoms with E-state index in [-0.39, 0.29) is 11.3 Å². The van der Waals surface area contributed by atoms with Crippen LogP contribution in [0.25, 0.3) is 6.08 Å². The Bertz CT molecular complexity index is 944. The van der Waals surface area contributed by atoms with Crippen molar-refractivity contribution in [1.82, 2.24) is 5.32 Å². The highest BCUT2D eigenvalue weighted by molar-refractivity contribution is 8.26. The average molecular weight is 428 g/mol. The summed E-state index contributed by atoms with van der Waals surface area (Å²) < 4.78 is 12.2. The average Bonchev–Trinajstić information content (AvgIpc) is 2.98. The standard InChI is InChI=1S/C23H25NO3S2/c1-5-26-19-12-16(13-20-21(25)24-22(28)29-20)8-11-18(19)27-14-15-6-9-17(10-7-15)23(2,3)4/h6-13H,5,14H2,1-4H3,(H,24,25,28). The summed E-state index contributed by atoms with van der Waals surface area (Å²) in [6, 6.07) is 14.1. The van der Waals surface area contributed by atoms with E-state index in [0.717, 1.165) is 11.1 Å². The first-order chi connectivity index (χ1) is 13.8. The van der Waals surface area contributed by atoms with Crippen molar-refractivity contribution >= 4 is 40.3 Å². The Morgan fingerprint density at radius 3 is 2.38 bits per heavy atom. The lowest BCUT2D eigenvalue weighted by Gasteiger charge is -2.19. The van der Waals surface area contributed by atoms with Gasteiger partial charge in [0.25, 0.3) is 5.91 Å². The lowest BCUT2D eigenvalue weighted by Crippen LogP contribution is -2.17. The van der Waals surface area contributed by atoms with Crippen molar-refractivity contribution in [3.05, 3.63) is 64.1 Å². The fourth-order valence-corrected chi connectivity index (χ4v) is 3.88. The van der Waals surface area contributed by atoms with E-state index < -0.39 is 0 Å². The van der Waals surface area contributed by atoms with Gasteiger partial charge in [0.15, 0.2) is 11.5 Å². The number of hydrogen-bond donors (Lipinski definition) is 1. The molecule has 0 bridgehead atoms.